The summed E-state index contributed by atoms with van der Waals surface area (Å²) in [6, 6.07) is 17.6. The molecule has 3 heterocycles. The normalized spacial score (nSPS) is 11.7. The first-order valence-electron chi connectivity index (χ1n) is 9.61. The van der Waals surface area contributed by atoms with Crippen molar-refractivity contribution < 1.29 is 13.2 Å². The van der Waals surface area contributed by atoms with Crippen molar-refractivity contribution in [2.75, 3.05) is 11.6 Å². The lowest BCUT2D eigenvalue weighted by Crippen LogP contribution is -2.13. The number of amides is 1. The molecule has 0 fully saturated rings. The van der Waals surface area contributed by atoms with Gasteiger partial charge >= 0.3 is 0 Å². The predicted octanol–water partition coefficient (Wildman–Crippen LogP) is 4.56. The van der Waals surface area contributed by atoms with E-state index in [0.29, 0.717) is 32.1 Å². The Hall–Kier alpha value is -3.69. The number of benzene rings is 2. The van der Waals surface area contributed by atoms with E-state index in [4.69, 9.17) is 0 Å². The molecule has 0 bridgehead atoms. The number of para-hydroxylation sites is 1. The van der Waals surface area contributed by atoms with Gasteiger partial charge < -0.3 is 0 Å². The van der Waals surface area contributed by atoms with Crippen molar-refractivity contribution >= 4 is 53.3 Å². The third-order valence-corrected chi connectivity index (χ3v) is 6.99. The van der Waals surface area contributed by atoms with Gasteiger partial charge in [0.05, 0.1) is 31.9 Å². The second-order valence-electron chi connectivity index (χ2n) is 7.18. The number of pyridine rings is 2. The van der Waals surface area contributed by atoms with Gasteiger partial charge in [-0.3, -0.25) is 15.1 Å². The van der Waals surface area contributed by atoms with Gasteiger partial charge in [0.25, 0.3) is 5.91 Å². The lowest BCUT2D eigenvalue weighted by Gasteiger charge is -2.09. The maximum Gasteiger partial charge on any atom is 0.258 e. The second kappa shape index (κ2) is 7.77. The molecule has 0 saturated heterocycles. The van der Waals surface area contributed by atoms with Crippen molar-refractivity contribution in [2.24, 2.45) is 0 Å². The molecule has 5 rings (SSSR count). The van der Waals surface area contributed by atoms with E-state index >= 15 is 0 Å². The minimum Gasteiger partial charge on any atom is -0.298 e. The molecule has 7 nitrogen and oxygen atoms in total. The molecule has 0 radical (unpaired) electrons. The number of anilines is 1. The molecular weight excluding hydrogens is 444 g/mol. The fourth-order valence-corrected chi connectivity index (χ4v) is 5.01. The number of aromatic nitrogens is 3. The molecule has 2 aromatic carbocycles. The van der Waals surface area contributed by atoms with Gasteiger partial charge in [0.1, 0.15) is 0 Å². The lowest BCUT2D eigenvalue weighted by molar-refractivity contribution is 0.102. The molecule has 32 heavy (non-hydrogen) atoms. The van der Waals surface area contributed by atoms with Gasteiger partial charge in [0, 0.05) is 29.6 Å². The fraction of sp³-hybridized carbons (Fsp3) is 0.0435. The van der Waals surface area contributed by atoms with Crippen LogP contribution in [0.4, 0.5) is 5.13 Å². The van der Waals surface area contributed by atoms with Crippen molar-refractivity contribution in [1.29, 1.82) is 0 Å². The predicted molar refractivity (Wildman–Crippen MR) is 126 cm³/mol. The number of nitrogens with zero attached hydrogens (tertiary/aromatic N) is 3. The Balaban J connectivity index is 1.55. The molecule has 9 heteroatoms. The molecule has 1 N–H and O–H groups in total. The summed E-state index contributed by atoms with van der Waals surface area (Å²) in [5.74, 6) is -0.318. The Morgan fingerprint density at radius 1 is 0.938 bits per heavy atom. The van der Waals surface area contributed by atoms with Crippen LogP contribution < -0.4 is 5.32 Å². The molecular formula is C23H16N4O3S2. The Morgan fingerprint density at radius 3 is 2.50 bits per heavy atom. The van der Waals surface area contributed by atoms with Crippen LogP contribution in [0.5, 0.6) is 0 Å². The summed E-state index contributed by atoms with van der Waals surface area (Å²) >= 11 is 1.23. The summed E-state index contributed by atoms with van der Waals surface area (Å²) in [6.45, 7) is 0. The Morgan fingerprint density at radius 2 is 1.72 bits per heavy atom. The van der Waals surface area contributed by atoms with Gasteiger partial charge in [0.2, 0.25) is 0 Å². The minimum atomic E-state index is -3.33. The van der Waals surface area contributed by atoms with Gasteiger partial charge in [-0.1, -0.05) is 29.5 Å². The van der Waals surface area contributed by atoms with Crippen molar-refractivity contribution in [3.8, 4) is 11.3 Å². The van der Waals surface area contributed by atoms with Gasteiger partial charge in [-0.15, -0.1) is 0 Å². The van der Waals surface area contributed by atoms with E-state index in [1.807, 2.05) is 36.4 Å². The molecule has 0 aliphatic heterocycles. The zero-order chi connectivity index (χ0) is 22.3. The first-order chi connectivity index (χ1) is 15.4. The molecule has 0 atom stereocenters. The summed E-state index contributed by atoms with van der Waals surface area (Å²) in [7, 11) is -3.33. The van der Waals surface area contributed by atoms with Crippen LogP contribution >= 0.6 is 11.3 Å². The molecule has 0 aliphatic carbocycles. The SMILES string of the molecule is CS(=O)(=O)c1ccc2nc(NC(=O)c3cc(-c4ccncc4)nc4ccccc34)sc2c1. The molecule has 158 valence electrons. The van der Waals surface area contributed by atoms with Crippen molar-refractivity contribution in [3.63, 3.8) is 0 Å². The monoisotopic (exact) mass is 460 g/mol. The highest BCUT2D eigenvalue weighted by Gasteiger charge is 2.17. The Bertz CT molecular complexity index is 1600. The smallest absolute Gasteiger partial charge is 0.258 e. The highest BCUT2D eigenvalue weighted by Crippen LogP contribution is 2.30. The lowest BCUT2D eigenvalue weighted by atomic mass is 10.0. The second-order valence-corrected chi connectivity index (χ2v) is 10.2. The van der Waals surface area contributed by atoms with Crippen LogP contribution in [0.1, 0.15) is 10.4 Å². The molecule has 3 aromatic heterocycles. The summed E-state index contributed by atoms with van der Waals surface area (Å²) in [5.41, 5.74) is 3.31. The van der Waals surface area contributed by atoms with E-state index in [1.165, 1.54) is 17.4 Å². The Kier molecular flexibility index (Phi) is 4.91. The number of sulfone groups is 1. The van der Waals surface area contributed by atoms with Crippen LogP contribution in [0.2, 0.25) is 0 Å². The van der Waals surface area contributed by atoms with Gasteiger partial charge in [0.15, 0.2) is 15.0 Å². The average molecular weight is 461 g/mol. The van der Waals surface area contributed by atoms with Gasteiger partial charge in [-0.25, -0.2) is 18.4 Å². The highest BCUT2D eigenvalue weighted by atomic mass is 32.2. The van der Waals surface area contributed by atoms with E-state index in [0.717, 1.165) is 17.2 Å². The molecule has 5 aromatic rings. The fourth-order valence-electron chi connectivity index (χ4n) is 3.39. The first kappa shape index (κ1) is 20.2. The number of fused-ring (bicyclic) bond motifs is 2. The summed E-state index contributed by atoms with van der Waals surface area (Å²) in [6.07, 6.45) is 4.52. The molecule has 0 saturated carbocycles. The van der Waals surface area contributed by atoms with Crippen LogP contribution in [-0.4, -0.2) is 35.5 Å². The largest absolute Gasteiger partial charge is 0.298 e. The Labute approximate surface area is 187 Å². The van der Waals surface area contributed by atoms with E-state index in [9.17, 15) is 13.2 Å². The summed E-state index contributed by atoms with van der Waals surface area (Å²) in [5, 5.41) is 3.97. The zero-order valence-corrected chi connectivity index (χ0v) is 18.4. The van der Waals surface area contributed by atoms with Gasteiger partial charge in [-0.05, 0) is 42.5 Å². The maximum absolute atomic E-state index is 13.2. The third kappa shape index (κ3) is 3.83. The van der Waals surface area contributed by atoms with Crippen LogP contribution in [0.15, 0.2) is 78.0 Å². The van der Waals surface area contributed by atoms with Crippen LogP contribution in [-0.2, 0) is 9.84 Å². The van der Waals surface area contributed by atoms with E-state index in [-0.39, 0.29) is 10.8 Å². The first-order valence-corrected chi connectivity index (χ1v) is 12.3. The number of hydrogen-bond acceptors (Lipinski definition) is 7. The average Bonchev–Trinajstić information content (AvgIpc) is 3.19. The van der Waals surface area contributed by atoms with Crippen LogP contribution in [0, 0.1) is 0 Å². The van der Waals surface area contributed by atoms with E-state index in [1.54, 1.807) is 30.6 Å². The van der Waals surface area contributed by atoms with E-state index < -0.39 is 9.84 Å². The van der Waals surface area contributed by atoms with Crippen LogP contribution in [0.25, 0.3) is 32.4 Å². The van der Waals surface area contributed by atoms with Crippen LogP contribution in [0.3, 0.4) is 0 Å². The molecule has 0 aliphatic rings. The minimum absolute atomic E-state index is 0.216. The quantitative estimate of drug-likeness (QED) is 0.422. The van der Waals surface area contributed by atoms with Crippen molar-refractivity contribution in [3.05, 3.63) is 78.6 Å². The number of carbonyl (C=O) groups excluding carboxylic acids is 1. The van der Waals surface area contributed by atoms with E-state index in [2.05, 4.69) is 20.3 Å². The maximum atomic E-state index is 13.2. The molecule has 0 spiro atoms. The zero-order valence-electron chi connectivity index (χ0n) is 16.8. The summed E-state index contributed by atoms with van der Waals surface area (Å²) < 4.78 is 24.3. The van der Waals surface area contributed by atoms with Gasteiger partial charge in [-0.2, -0.15) is 0 Å². The summed E-state index contributed by atoms with van der Waals surface area (Å²) in [4.78, 5) is 26.6. The highest BCUT2D eigenvalue weighted by molar-refractivity contribution is 7.90. The number of thiazole rings is 1. The standard InChI is InChI=1S/C23H16N4O3S2/c1-32(29,30)15-6-7-19-21(12-15)31-23(26-19)27-22(28)17-13-20(14-8-10-24-11-9-14)25-18-5-3-2-4-16(17)18/h2-13H,1H3,(H,26,27,28). The molecule has 1 amide bonds. The van der Waals surface area contributed by atoms with Crippen molar-refractivity contribution in [1.82, 2.24) is 15.0 Å². The molecule has 0 unspecified atom stereocenters. The number of hydrogen-bond donors (Lipinski definition) is 1. The topological polar surface area (TPSA) is 102 Å². The third-order valence-electron chi connectivity index (χ3n) is 4.95. The van der Waals surface area contributed by atoms with Crippen molar-refractivity contribution in [2.45, 2.75) is 4.90 Å². The number of rotatable bonds is 4. The number of nitrogens with one attached hydrogen (secondary N) is 1. The number of carbonyl (C=O) groups is 1.